The van der Waals surface area contributed by atoms with Crippen molar-refractivity contribution in [2.24, 2.45) is 0 Å². The van der Waals surface area contributed by atoms with Gasteiger partial charge in [-0.05, 0) is 12.1 Å². The molecule has 0 amide bonds. The van der Waals surface area contributed by atoms with Gasteiger partial charge in [-0.15, -0.1) is 15.5 Å². The van der Waals surface area contributed by atoms with Crippen molar-refractivity contribution >= 4 is 9.84 Å². The molecule has 0 unspecified atom stereocenters. The van der Waals surface area contributed by atoms with E-state index in [1.807, 2.05) is 0 Å². The number of pyridine rings is 1. The number of rotatable bonds is 3. The van der Waals surface area contributed by atoms with Crippen LogP contribution in [0.5, 0.6) is 0 Å². The van der Waals surface area contributed by atoms with Crippen LogP contribution in [-0.4, -0.2) is 16.7 Å². The van der Waals surface area contributed by atoms with Gasteiger partial charge in [-0.3, -0.25) is 0 Å². The number of alkyl halides is 4. The maximum absolute atomic E-state index is 13.1. The first-order chi connectivity index (χ1) is 7.33. The first-order valence-electron chi connectivity index (χ1n) is 3.90. The van der Waals surface area contributed by atoms with Gasteiger partial charge in [0.05, 0.1) is 0 Å². The van der Waals surface area contributed by atoms with E-state index < -0.39 is 26.5 Å². The van der Waals surface area contributed by atoms with Crippen LogP contribution < -0.4 is 0 Å². The molecule has 0 aliphatic carbocycles. The van der Waals surface area contributed by atoms with Gasteiger partial charge in [0.2, 0.25) is 0 Å². The molecule has 0 atom stereocenters. The van der Waals surface area contributed by atoms with Crippen LogP contribution in [0.25, 0.3) is 0 Å². The molecule has 0 aromatic carbocycles. The van der Waals surface area contributed by atoms with Gasteiger partial charge in [-0.2, -0.15) is 8.78 Å². The lowest BCUT2D eigenvalue weighted by Gasteiger charge is -2.52. The molecule has 1 heterocycles. The summed E-state index contributed by atoms with van der Waals surface area (Å²) in [5.74, 6) is 0. The minimum absolute atomic E-state index is 0.113. The molecule has 0 fully saturated rings. The lowest BCUT2D eigenvalue weighted by molar-refractivity contribution is -0.0831. The molecule has 1 rings (SSSR count). The van der Waals surface area contributed by atoms with Crippen LogP contribution >= 0.6 is 9.84 Å². The van der Waals surface area contributed by atoms with Crippen molar-refractivity contribution in [3.05, 3.63) is 24.4 Å². The Kier molecular flexibility index (Phi) is 2.50. The maximum atomic E-state index is 13.1. The van der Waals surface area contributed by atoms with E-state index >= 15 is 0 Å². The topological polar surface area (TPSA) is 12.9 Å². The second kappa shape index (κ2) is 3.03. The number of hydrogen-bond donors (Lipinski definition) is 0. The molecule has 0 spiro atoms. The standard InChI is InChI=1S/C7H5F8NS/c8-6(9)7(10,11)17(12,13,14,15)5-3-1-2-4-16-5/h1-4,6H. The molecule has 100 valence electrons. The Bertz CT molecular complexity index is 423. The summed E-state index contributed by atoms with van der Waals surface area (Å²) in [6.07, 6.45) is -4.83. The van der Waals surface area contributed by atoms with Crippen LogP contribution in [0.4, 0.5) is 33.1 Å². The summed E-state index contributed by atoms with van der Waals surface area (Å²) < 4.78 is 101. The minimum Gasteiger partial charge on any atom is -0.243 e. The van der Waals surface area contributed by atoms with Gasteiger partial charge < -0.3 is 0 Å². The molecule has 1 aromatic heterocycles. The molecule has 0 aliphatic rings. The van der Waals surface area contributed by atoms with Gasteiger partial charge in [0, 0.05) is 6.20 Å². The second-order valence-electron chi connectivity index (χ2n) is 3.10. The molecule has 0 saturated carbocycles. The van der Waals surface area contributed by atoms with Crippen LogP contribution in [0.3, 0.4) is 0 Å². The van der Waals surface area contributed by atoms with Crippen LogP contribution in [-0.2, 0) is 0 Å². The molecule has 0 N–H and O–H groups in total. The van der Waals surface area contributed by atoms with Gasteiger partial charge in [0.15, 0.2) is 5.03 Å². The van der Waals surface area contributed by atoms with Gasteiger partial charge in [-0.25, -0.2) is 13.8 Å². The first-order valence-corrected chi connectivity index (χ1v) is 5.95. The van der Waals surface area contributed by atoms with E-state index in [9.17, 15) is 33.1 Å². The van der Waals surface area contributed by atoms with Crippen molar-refractivity contribution in [2.75, 3.05) is 0 Å². The molecule has 17 heavy (non-hydrogen) atoms. The summed E-state index contributed by atoms with van der Waals surface area (Å²) in [4.78, 5) is 2.38. The van der Waals surface area contributed by atoms with Crippen LogP contribution in [0.15, 0.2) is 29.4 Å². The van der Waals surface area contributed by atoms with E-state index in [0.29, 0.717) is 12.3 Å². The lowest BCUT2D eigenvalue weighted by atomic mass is 10.5. The van der Waals surface area contributed by atoms with Crippen molar-refractivity contribution in [2.45, 2.75) is 16.7 Å². The van der Waals surface area contributed by atoms with Crippen LogP contribution in [0, 0.1) is 0 Å². The van der Waals surface area contributed by atoms with Gasteiger partial charge >= 0.3 is 11.7 Å². The summed E-state index contributed by atoms with van der Waals surface area (Å²) in [7, 11) is -10.5. The highest BCUT2D eigenvalue weighted by Crippen LogP contribution is 3.06. The molecular weight excluding hydrogens is 282 g/mol. The van der Waals surface area contributed by atoms with E-state index in [2.05, 4.69) is 4.98 Å². The fourth-order valence-electron chi connectivity index (χ4n) is 0.909. The van der Waals surface area contributed by atoms with Crippen molar-refractivity contribution in [1.29, 1.82) is 0 Å². The molecule has 1 nitrogen and oxygen atoms in total. The largest absolute Gasteiger partial charge is 0.418 e. The third-order valence-electron chi connectivity index (χ3n) is 1.86. The monoisotopic (exact) mass is 287 g/mol. The first kappa shape index (κ1) is 14.0. The maximum Gasteiger partial charge on any atom is 0.418 e. The summed E-state index contributed by atoms with van der Waals surface area (Å²) in [6, 6.07) is 1.36. The molecule has 1 aromatic rings. The molecule has 0 saturated heterocycles. The van der Waals surface area contributed by atoms with E-state index in [0.717, 1.165) is 6.07 Å². The molecule has 10 heteroatoms. The zero-order valence-electron chi connectivity index (χ0n) is 7.77. The number of halogens is 8. The molecule has 0 bridgehead atoms. The van der Waals surface area contributed by atoms with Crippen molar-refractivity contribution in [3.63, 3.8) is 0 Å². The van der Waals surface area contributed by atoms with E-state index in [4.69, 9.17) is 0 Å². The molecular formula is C7H5F8NS. The number of hydrogen-bond acceptors (Lipinski definition) is 1. The molecule has 0 radical (unpaired) electrons. The SMILES string of the molecule is FC(F)C(F)(F)S(F)(F)(F)(F)c1ccccn1. The average molecular weight is 287 g/mol. The summed E-state index contributed by atoms with van der Waals surface area (Å²) in [6.45, 7) is 0. The summed E-state index contributed by atoms with van der Waals surface area (Å²) >= 11 is 0. The Balaban J connectivity index is 3.61. The smallest absolute Gasteiger partial charge is 0.243 e. The van der Waals surface area contributed by atoms with Gasteiger partial charge in [0.25, 0.3) is 9.84 Å². The zero-order chi connectivity index (χ0) is 13.6. The zero-order valence-corrected chi connectivity index (χ0v) is 8.58. The highest BCUT2D eigenvalue weighted by Gasteiger charge is 2.87. The summed E-state index contributed by atoms with van der Waals surface area (Å²) in [5, 5.41) is -9.40. The van der Waals surface area contributed by atoms with Gasteiger partial charge in [-0.1, -0.05) is 6.07 Å². The van der Waals surface area contributed by atoms with Crippen molar-refractivity contribution < 1.29 is 33.1 Å². The molecule has 0 aliphatic heterocycles. The minimum atomic E-state index is -10.5. The Morgan fingerprint density at radius 1 is 1.06 bits per heavy atom. The average Bonchev–Trinajstić information content (AvgIpc) is 2.17. The highest BCUT2D eigenvalue weighted by atomic mass is 32.5. The third-order valence-corrected chi connectivity index (χ3v) is 4.22. The lowest BCUT2D eigenvalue weighted by Crippen LogP contribution is -2.43. The normalized spacial score (nSPS) is 17.7. The van der Waals surface area contributed by atoms with E-state index in [-0.39, 0.29) is 6.07 Å². The Morgan fingerprint density at radius 2 is 1.59 bits per heavy atom. The highest BCUT2D eigenvalue weighted by molar-refractivity contribution is 8.50. The van der Waals surface area contributed by atoms with Crippen LogP contribution in [0.2, 0.25) is 0 Å². The van der Waals surface area contributed by atoms with E-state index in [1.165, 1.54) is 0 Å². The second-order valence-corrected chi connectivity index (χ2v) is 6.20. The number of aromatic nitrogens is 1. The fourth-order valence-corrected chi connectivity index (χ4v) is 2.17. The van der Waals surface area contributed by atoms with Gasteiger partial charge in [0.1, 0.15) is 0 Å². The van der Waals surface area contributed by atoms with Crippen molar-refractivity contribution in [3.8, 4) is 0 Å². The fraction of sp³-hybridized carbons (Fsp3) is 0.286. The quantitative estimate of drug-likeness (QED) is 0.733. The number of nitrogens with zero attached hydrogens (tertiary/aromatic N) is 1. The Hall–Kier alpha value is -1.06. The third kappa shape index (κ3) is 1.74. The Labute approximate surface area is 89.9 Å². The predicted octanol–water partition coefficient (Wildman–Crippen LogP) is 4.71. The van der Waals surface area contributed by atoms with Crippen molar-refractivity contribution in [1.82, 2.24) is 4.98 Å². The Morgan fingerprint density at radius 3 is 1.94 bits per heavy atom. The van der Waals surface area contributed by atoms with Crippen LogP contribution in [0.1, 0.15) is 0 Å². The summed E-state index contributed by atoms with van der Waals surface area (Å²) in [5.41, 5.74) is 0. The van der Waals surface area contributed by atoms with E-state index in [1.54, 1.807) is 0 Å². The predicted molar refractivity (Wildman–Crippen MR) is 45.5 cm³/mol.